The molecule has 6 rings (SSSR count). The van der Waals surface area contributed by atoms with Crippen molar-refractivity contribution in [2.75, 3.05) is 5.32 Å². The number of nitrogens with one attached hydrogen (secondary N) is 2. The monoisotopic (exact) mass is 482 g/mol. The number of nitrogens with zero attached hydrogens (tertiary/aromatic N) is 2. The number of carbonyl (C=O) groups is 1. The number of carboxylic acid groups (broad SMARTS) is 1. The van der Waals surface area contributed by atoms with Gasteiger partial charge in [-0.15, -0.1) is 11.3 Å². The number of hydrogen-bond acceptors (Lipinski definition) is 5. The zero-order chi connectivity index (χ0) is 23.8. The van der Waals surface area contributed by atoms with Gasteiger partial charge in [0.05, 0.1) is 5.39 Å². The number of benzene rings is 2. The minimum absolute atomic E-state index is 0.352. The highest BCUT2D eigenvalue weighted by Gasteiger charge is 2.25. The van der Waals surface area contributed by atoms with Gasteiger partial charge in [-0.05, 0) is 48.4 Å². The Kier molecular flexibility index (Phi) is 5.70. The Morgan fingerprint density at radius 2 is 1.86 bits per heavy atom. The fourth-order valence-electron chi connectivity index (χ4n) is 5.05. The highest BCUT2D eigenvalue weighted by molar-refractivity contribution is 7.19. The van der Waals surface area contributed by atoms with Crippen molar-refractivity contribution in [3.63, 3.8) is 0 Å². The van der Waals surface area contributed by atoms with Crippen molar-refractivity contribution in [1.29, 1.82) is 0 Å². The lowest BCUT2D eigenvalue weighted by Gasteiger charge is -2.18. The number of H-pyrrole nitrogens is 1. The SMILES string of the molecule is O=C(O)C(Cc1c[nH]c2ccccc12)Nc1nc(Cc2ccccc2)nc2sc3c(c12)CCCC3. The summed E-state index contributed by atoms with van der Waals surface area (Å²) < 4.78 is 0. The number of rotatable bonds is 7. The van der Waals surface area contributed by atoms with Crippen LogP contribution in [0, 0.1) is 0 Å². The highest BCUT2D eigenvalue weighted by atomic mass is 32.1. The average molecular weight is 483 g/mol. The van der Waals surface area contributed by atoms with Crippen LogP contribution in [-0.4, -0.2) is 32.1 Å². The molecule has 0 fully saturated rings. The van der Waals surface area contributed by atoms with Gasteiger partial charge in [-0.3, -0.25) is 0 Å². The van der Waals surface area contributed by atoms with Crippen molar-refractivity contribution in [2.24, 2.45) is 0 Å². The van der Waals surface area contributed by atoms with Gasteiger partial charge >= 0.3 is 5.97 Å². The Hall–Kier alpha value is -3.71. The van der Waals surface area contributed by atoms with Gasteiger partial charge in [0, 0.05) is 34.8 Å². The van der Waals surface area contributed by atoms with Crippen LogP contribution in [0.2, 0.25) is 0 Å². The number of carboxylic acids is 1. The Morgan fingerprint density at radius 3 is 2.71 bits per heavy atom. The molecule has 7 heteroatoms. The van der Waals surface area contributed by atoms with Gasteiger partial charge in [0.2, 0.25) is 0 Å². The number of aryl methyl sites for hydroxylation is 2. The third-order valence-electron chi connectivity index (χ3n) is 6.77. The van der Waals surface area contributed by atoms with Crippen LogP contribution in [0.15, 0.2) is 60.8 Å². The van der Waals surface area contributed by atoms with Crippen molar-refractivity contribution in [3.05, 3.63) is 88.2 Å². The molecule has 5 aromatic rings. The van der Waals surface area contributed by atoms with Crippen LogP contribution in [0.4, 0.5) is 5.82 Å². The molecule has 1 unspecified atom stereocenters. The molecule has 3 aromatic heterocycles. The van der Waals surface area contributed by atoms with E-state index in [1.54, 1.807) is 11.3 Å². The third-order valence-corrected chi connectivity index (χ3v) is 7.96. The van der Waals surface area contributed by atoms with E-state index in [0.29, 0.717) is 24.5 Å². The predicted molar refractivity (Wildman–Crippen MR) is 140 cm³/mol. The molecule has 3 N–H and O–H groups in total. The molecular weight excluding hydrogens is 456 g/mol. The van der Waals surface area contributed by atoms with Gasteiger partial charge < -0.3 is 15.4 Å². The summed E-state index contributed by atoms with van der Waals surface area (Å²) in [4.78, 5) is 27.8. The van der Waals surface area contributed by atoms with Crippen LogP contribution < -0.4 is 5.32 Å². The first-order valence-electron chi connectivity index (χ1n) is 12.0. The molecule has 0 aliphatic heterocycles. The summed E-state index contributed by atoms with van der Waals surface area (Å²) >= 11 is 1.74. The number of aliphatic carboxylic acids is 1. The van der Waals surface area contributed by atoms with Crippen LogP contribution in [-0.2, 0) is 30.5 Å². The fourth-order valence-corrected chi connectivity index (χ4v) is 6.33. The topological polar surface area (TPSA) is 90.9 Å². The Bertz CT molecular complexity index is 1520. The van der Waals surface area contributed by atoms with E-state index in [4.69, 9.17) is 9.97 Å². The van der Waals surface area contributed by atoms with Gasteiger partial charge in [-0.2, -0.15) is 0 Å². The molecule has 0 spiro atoms. The van der Waals surface area contributed by atoms with Crippen molar-refractivity contribution in [3.8, 4) is 0 Å². The summed E-state index contributed by atoms with van der Waals surface area (Å²) in [6.07, 6.45) is 7.24. The zero-order valence-electron chi connectivity index (χ0n) is 19.3. The first-order chi connectivity index (χ1) is 17.2. The predicted octanol–water partition coefficient (Wildman–Crippen LogP) is 5.75. The molecule has 0 radical (unpaired) electrons. The summed E-state index contributed by atoms with van der Waals surface area (Å²) in [5.41, 5.74) is 4.41. The Labute approximate surface area is 207 Å². The second-order valence-electron chi connectivity index (χ2n) is 9.14. The van der Waals surface area contributed by atoms with Gasteiger partial charge in [-0.1, -0.05) is 48.5 Å². The highest BCUT2D eigenvalue weighted by Crippen LogP contribution is 2.39. The number of hydrogen-bond donors (Lipinski definition) is 3. The molecule has 0 amide bonds. The molecule has 0 saturated carbocycles. The van der Waals surface area contributed by atoms with Crippen molar-refractivity contribution in [2.45, 2.75) is 44.6 Å². The second-order valence-corrected chi connectivity index (χ2v) is 10.2. The maximum atomic E-state index is 12.4. The number of fused-ring (bicyclic) bond motifs is 4. The summed E-state index contributed by atoms with van der Waals surface area (Å²) in [7, 11) is 0. The summed E-state index contributed by atoms with van der Waals surface area (Å²) in [6.45, 7) is 0. The van der Waals surface area contributed by atoms with Crippen LogP contribution in [0.3, 0.4) is 0 Å². The van der Waals surface area contributed by atoms with Gasteiger partial charge in [0.1, 0.15) is 22.5 Å². The lowest BCUT2D eigenvalue weighted by molar-refractivity contribution is -0.137. The van der Waals surface area contributed by atoms with Crippen LogP contribution in [0.1, 0.15) is 40.2 Å². The molecule has 0 saturated heterocycles. The number of para-hydroxylation sites is 1. The molecule has 0 bridgehead atoms. The average Bonchev–Trinajstić information content (AvgIpc) is 3.45. The first-order valence-corrected chi connectivity index (χ1v) is 12.9. The molecule has 35 heavy (non-hydrogen) atoms. The van der Waals surface area contributed by atoms with Crippen molar-refractivity contribution < 1.29 is 9.90 Å². The van der Waals surface area contributed by atoms with E-state index in [0.717, 1.165) is 51.5 Å². The summed E-state index contributed by atoms with van der Waals surface area (Å²) in [6, 6.07) is 17.3. The minimum atomic E-state index is -0.893. The van der Waals surface area contributed by atoms with Crippen molar-refractivity contribution >= 4 is 44.2 Å². The quantitative estimate of drug-likeness (QED) is 0.275. The number of aromatic amines is 1. The molecule has 3 heterocycles. The molecule has 6 nitrogen and oxygen atoms in total. The maximum Gasteiger partial charge on any atom is 0.326 e. The molecule has 2 aromatic carbocycles. The first kappa shape index (κ1) is 21.8. The number of aromatic nitrogens is 3. The summed E-state index contributed by atoms with van der Waals surface area (Å²) in [5, 5.41) is 15.5. The van der Waals surface area contributed by atoms with E-state index in [1.165, 1.54) is 16.9 Å². The standard InChI is InChI=1S/C28H26N4O2S/c33-28(34)22(15-18-16-29-21-12-6-4-10-19(18)21)30-26-25-20-11-5-7-13-23(20)35-27(25)32-24(31-26)14-17-8-2-1-3-9-17/h1-4,6,8-10,12,16,22,29H,5,7,11,13-15H2,(H,33,34)(H,30,31,32). The third kappa shape index (κ3) is 4.28. The number of anilines is 1. The van der Waals surface area contributed by atoms with Crippen LogP contribution >= 0.6 is 11.3 Å². The minimum Gasteiger partial charge on any atom is -0.480 e. The van der Waals surface area contributed by atoms with E-state index in [9.17, 15) is 9.90 Å². The van der Waals surface area contributed by atoms with Crippen LogP contribution in [0.5, 0.6) is 0 Å². The summed E-state index contributed by atoms with van der Waals surface area (Å²) in [5.74, 6) is 0.462. The van der Waals surface area contributed by atoms with Gasteiger partial charge in [-0.25, -0.2) is 14.8 Å². The molecule has 1 aliphatic rings. The molecular formula is C28H26N4O2S. The van der Waals surface area contributed by atoms with E-state index in [-0.39, 0.29) is 0 Å². The normalized spacial score (nSPS) is 14.2. The second kappa shape index (κ2) is 9.15. The van der Waals surface area contributed by atoms with Crippen molar-refractivity contribution in [1.82, 2.24) is 15.0 Å². The van der Waals surface area contributed by atoms with E-state index >= 15 is 0 Å². The van der Waals surface area contributed by atoms with Gasteiger partial charge in [0.15, 0.2) is 0 Å². The van der Waals surface area contributed by atoms with Crippen LogP contribution in [0.25, 0.3) is 21.1 Å². The van der Waals surface area contributed by atoms with E-state index in [1.807, 2.05) is 48.7 Å². The Morgan fingerprint density at radius 1 is 1.06 bits per heavy atom. The lowest BCUT2D eigenvalue weighted by Crippen LogP contribution is -2.32. The molecule has 176 valence electrons. The number of thiophene rings is 1. The molecule has 1 atom stereocenters. The maximum absolute atomic E-state index is 12.4. The fraction of sp³-hybridized carbons (Fsp3) is 0.250. The van der Waals surface area contributed by atoms with E-state index < -0.39 is 12.0 Å². The largest absolute Gasteiger partial charge is 0.480 e. The molecule has 1 aliphatic carbocycles. The smallest absolute Gasteiger partial charge is 0.326 e. The Balaban J connectivity index is 1.40. The van der Waals surface area contributed by atoms with Gasteiger partial charge in [0.25, 0.3) is 0 Å². The zero-order valence-corrected chi connectivity index (χ0v) is 20.1. The lowest BCUT2D eigenvalue weighted by atomic mass is 9.96. The van der Waals surface area contributed by atoms with E-state index in [2.05, 4.69) is 22.4 Å².